The predicted octanol–water partition coefficient (Wildman–Crippen LogP) is 6.75. The van der Waals surface area contributed by atoms with Crippen LogP contribution in [0.2, 0.25) is 0 Å². The zero-order valence-corrected chi connectivity index (χ0v) is 34.9. The van der Waals surface area contributed by atoms with E-state index in [1.165, 1.54) is 24.3 Å². The fourth-order valence-electron chi connectivity index (χ4n) is 9.44. The number of terminal acetylenes is 1. The van der Waals surface area contributed by atoms with E-state index in [4.69, 9.17) is 40.1 Å². The molecule has 2 aromatic carbocycles. The fraction of sp³-hybridized carbons (Fsp3) is 0.523. The summed E-state index contributed by atoms with van der Waals surface area (Å²) >= 11 is 0. The minimum absolute atomic E-state index is 0.0171. The lowest BCUT2D eigenvalue weighted by atomic mass is 9.95. The van der Waals surface area contributed by atoms with Gasteiger partial charge in [-0.15, -0.1) is 6.42 Å². The van der Waals surface area contributed by atoms with Crippen LogP contribution in [0.4, 0.5) is 24.2 Å². The summed E-state index contributed by atoms with van der Waals surface area (Å²) < 4.78 is 61.5. The number of carbonyl (C=O) groups is 2. The highest BCUT2D eigenvalue weighted by atomic mass is 19.1. The molecular weight excluding hydrogens is 777 g/mol. The van der Waals surface area contributed by atoms with Gasteiger partial charge in [0, 0.05) is 57.5 Å². The van der Waals surface area contributed by atoms with Crippen LogP contribution >= 0.6 is 0 Å². The summed E-state index contributed by atoms with van der Waals surface area (Å²) in [5, 5.41) is 1.16. The quantitative estimate of drug-likeness (QED) is 0.124. The maximum absolute atomic E-state index is 17.5. The molecule has 2 bridgehead atoms. The number of methoxy groups -OCH3 is 1. The average Bonchev–Trinajstić information content (AvgIpc) is 3.87. The summed E-state index contributed by atoms with van der Waals surface area (Å²) in [6.45, 7) is 7.63. The van der Waals surface area contributed by atoms with Crippen molar-refractivity contribution in [2.45, 2.75) is 88.6 Å². The highest BCUT2D eigenvalue weighted by Crippen LogP contribution is 2.44. The van der Waals surface area contributed by atoms with Gasteiger partial charge in [-0.1, -0.05) is 12.0 Å². The Morgan fingerprint density at radius 1 is 1.05 bits per heavy atom. The average molecular weight is 828 g/mol. The summed E-state index contributed by atoms with van der Waals surface area (Å²) in [5.74, 6) is 1.79. The molecular formula is C44H51F2N7O7. The summed E-state index contributed by atoms with van der Waals surface area (Å²) in [5.41, 5.74) is -0.983. The molecule has 4 saturated heterocycles. The van der Waals surface area contributed by atoms with Crippen molar-refractivity contribution in [3.8, 4) is 35.4 Å². The Morgan fingerprint density at radius 2 is 1.82 bits per heavy atom. The van der Waals surface area contributed by atoms with E-state index in [0.29, 0.717) is 40.8 Å². The molecule has 4 fully saturated rings. The molecule has 4 aliphatic heterocycles. The third-order valence-electron chi connectivity index (χ3n) is 12.1. The molecule has 0 N–H and O–H groups in total. The Kier molecular flexibility index (Phi) is 11.1. The first-order valence-corrected chi connectivity index (χ1v) is 20.4. The molecule has 2 aromatic heterocycles. The summed E-state index contributed by atoms with van der Waals surface area (Å²) in [6.07, 6.45) is 11.6. The van der Waals surface area contributed by atoms with E-state index in [-0.39, 0.29) is 84.2 Å². The Morgan fingerprint density at radius 3 is 2.52 bits per heavy atom. The molecule has 2 amide bonds. The molecule has 60 heavy (non-hydrogen) atoms. The smallest absolute Gasteiger partial charge is 0.410 e. The largest absolute Gasteiger partial charge is 0.468 e. The van der Waals surface area contributed by atoms with Crippen LogP contribution in [-0.2, 0) is 14.2 Å². The van der Waals surface area contributed by atoms with Crippen molar-refractivity contribution in [1.29, 1.82) is 0 Å². The molecule has 14 nitrogen and oxygen atoms in total. The lowest BCUT2D eigenvalue weighted by Crippen LogP contribution is -2.57. The number of amides is 2. The Hall–Kier alpha value is -5.53. The van der Waals surface area contributed by atoms with Crippen molar-refractivity contribution >= 4 is 39.7 Å². The van der Waals surface area contributed by atoms with Gasteiger partial charge in [0.05, 0.1) is 28.6 Å². The number of pyridine rings is 1. The summed E-state index contributed by atoms with van der Waals surface area (Å²) in [7, 11) is 4.79. The number of ether oxygens (including phenoxy) is 5. The van der Waals surface area contributed by atoms with Crippen LogP contribution in [0.15, 0.2) is 30.5 Å². The maximum atomic E-state index is 17.5. The molecule has 4 atom stereocenters. The number of fused-ring (bicyclic) bond motifs is 5. The molecule has 6 heterocycles. The van der Waals surface area contributed by atoms with Crippen LogP contribution in [0.1, 0.15) is 64.9 Å². The van der Waals surface area contributed by atoms with Crippen LogP contribution in [0.25, 0.3) is 32.9 Å². The van der Waals surface area contributed by atoms with Crippen LogP contribution in [-0.4, -0.2) is 132 Å². The van der Waals surface area contributed by atoms with E-state index in [9.17, 15) is 9.59 Å². The van der Waals surface area contributed by atoms with Crippen molar-refractivity contribution in [2.75, 3.05) is 65.7 Å². The zero-order chi connectivity index (χ0) is 42.5. The number of rotatable bonds is 10. The van der Waals surface area contributed by atoms with E-state index in [2.05, 4.69) is 15.8 Å². The summed E-state index contributed by atoms with van der Waals surface area (Å²) in [4.78, 5) is 47.6. The Labute approximate surface area is 348 Å². The van der Waals surface area contributed by atoms with E-state index >= 15 is 8.78 Å². The second kappa shape index (κ2) is 16.2. The van der Waals surface area contributed by atoms with Crippen LogP contribution in [0.5, 0.6) is 11.8 Å². The standard InChI is InChI=1S/C44H51F2N7O7/c1-8-31-34(45)13-10-26-18-30(59-25-56-7)19-32(35(26)31)37-36(46)38-33(20-47-37)39(51-21-27-11-12-28(22-51)53(27)42(55)60-43(2,3)4)49-40(48-38)58-24-44-15-9-17-52(44)29(14-16-44)23-57-41(54)50(5)6/h1,10,13,18-20,27-29H,9,11-12,14-17,21-25H2,2-7H3/t27-,28+,29-,44-/m1/s1. The number of halogens is 2. The minimum atomic E-state index is -0.780. The first-order valence-electron chi connectivity index (χ1n) is 20.4. The first-order chi connectivity index (χ1) is 28.7. The van der Waals surface area contributed by atoms with Crippen LogP contribution in [0, 0.1) is 24.0 Å². The Balaban J connectivity index is 1.19. The number of nitrogens with zero attached hydrogens (tertiary/aromatic N) is 7. The van der Waals surface area contributed by atoms with Gasteiger partial charge in [-0.25, -0.2) is 18.4 Å². The molecule has 318 valence electrons. The molecule has 4 aromatic rings. The molecule has 0 spiro atoms. The van der Waals surface area contributed by atoms with Crippen molar-refractivity contribution in [3.63, 3.8) is 0 Å². The van der Waals surface area contributed by atoms with Gasteiger partial charge in [0.2, 0.25) is 0 Å². The molecule has 0 unspecified atom stereocenters. The zero-order valence-electron chi connectivity index (χ0n) is 34.9. The maximum Gasteiger partial charge on any atom is 0.410 e. The van der Waals surface area contributed by atoms with Gasteiger partial charge < -0.3 is 33.5 Å². The minimum Gasteiger partial charge on any atom is -0.468 e. The van der Waals surface area contributed by atoms with E-state index in [1.807, 2.05) is 30.6 Å². The number of carbonyl (C=O) groups excluding carboxylic acids is 2. The van der Waals surface area contributed by atoms with E-state index < -0.39 is 17.2 Å². The highest BCUT2D eigenvalue weighted by Gasteiger charge is 2.50. The molecule has 16 heteroatoms. The van der Waals surface area contributed by atoms with Gasteiger partial charge in [-0.3, -0.25) is 14.8 Å². The third-order valence-corrected chi connectivity index (χ3v) is 12.1. The lowest BCUT2D eigenvalue weighted by Gasteiger charge is -2.42. The SMILES string of the molecule is C#Cc1c(F)ccc2cc(OCOC)cc(-c3ncc4c(N5C[C@H]6CC[C@@H](C5)N6C(=O)OC(C)(C)C)nc(OC[C@]56CCCN5[C@@H](COC(=O)N(C)C)CC6)nc4c3F)c12. The van der Waals surface area contributed by atoms with Gasteiger partial charge in [0.15, 0.2) is 12.6 Å². The number of benzene rings is 2. The summed E-state index contributed by atoms with van der Waals surface area (Å²) in [6, 6.07) is 5.75. The molecule has 8 rings (SSSR count). The molecule has 0 radical (unpaired) electrons. The highest BCUT2D eigenvalue weighted by molar-refractivity contribution is 6.03. The second-order valence-corrected chi connectivity index (χ2v) is 17.4. The molecule has 0 saturated carbocycles. The number of hydrogen-bond acceptors (Lipinski definition) is 12. The van der Waals surface area contributed by atoms with Crippen LogP contribution in [0.3, 0.4) is 0 Å². The normalized spacial score (nSPS) is 22.6. The third kappa shape index (κ3) is 7.69. The predicted molar refractivity (Wildman–Crippen MR) is 220 cm³/mol. The van der Waals surface area contributed by atoms with Gasteiger partial charge >= 0.3 is 18.2 Å². The second-order valence-electron chi connectivity index (χ2n) is 17.4. The Bertz CT molecular complexity index is 2350. The van der Waals surface area contributed by atoms with Crippen LogP contribution < -0.4 is 14.4 Å². The van der Waals surface area contributed by atoms with E-state index in [0.717, 1.165) is 45.1 Å². The van der Waals surface area contributed by atoms with Gasteiger partial charge in [-0.2, -0.15) is 9.97 Å². The lowest BCUT2D eigenvalue weighted by molar-refractivity contribution is 0.0122. The number of piperazine rings is 1. The molecule has 0 aliphatic carbocycles. The topological polar surface area (TPSA) is 132 Å². The van der Waals surface area contributed by atoms with Crippen molar-refractivity contribution in [2.24, 2.45) is 0 Å². The van der Waals surface area contributed by atoms with Gasteiger partial charge in [0.25, 0.3) is 0 Å². The monoisotopic (exact) mass is 827 g/mol. The van der Waals surface area contributed by atoms with E-state index in [1.54, 1.807) is 32.3 Å². The van der Waals surface area contributed by atoms with Crippen molar-refractivity contribution in [1.82, 2.24) is 29.7 Å². The number of anilines is 1. The fourth-order valence-corrected chi connectivity index (χ4v) is 9.44. The van der Waals surface area contributed by atoms with Crippen molar-refractivity contribution in [3.05, 3.63) is 47.7 Å². The molecule has 4 aliphatic rings. The van der Waals surface area contributed by atoms with Gasteiger partial charge in [0.1, 0.15) is 47.4 Å². The first kappa shape index (κ1) is 41.2. The van der Waals surface area contributed by atoms with Gasteiger partial charge in [-0.05, 0) is 89.4 Å². The number of hydrogen-bond donors (Lipinski definition) is 0. The number of aromatic nitrogens is 3. The van der Waals surface area contributed by atoms with Crippen molar-refractivity contribution < 1.29 is 42.1 Å².